The van der Waals surface area contributed by atoms with Crippen LogP contribution in [0.4, 0.5) is 0 Å². The van der Waals surface area contributed by atoms with Crippen molar-refractivity contribution < 1.29 is 62.6 Å². The topological polar surface area (TPSA) is 135 Å². The first-order chi connectivity index (χ1) is 10.1. The van der Waals surface area contributed by atoms with Crippen LogP contribution in [0, 0.1) is 0 Å². The molecule has 1 rings (SSSR count). The van der Waals surface area contributed by atoms with Crippen molar-refractivity contribution in [2.45, 2.75) is 13.0 Å². The average molecular weight is 354 g/mol. The van der Waals surface area contributed by atoms with Crippen LogP contribution in [-0.2, 0) is 14.9 Å². The molecule has 0 saturated heterocycles. The maximum atomic E-state index is 10.3. The third-order valence-electron chi connectivity index (χ3n) is 1.66. The summed E-state index contributed by atoms with van der Waals surface area (Å²) in [6, 6.07) is 8.86. The number of rotatable bonds is 4. The molecule has 0 fully saturated rings. The molecule has 3 N–H and O–H groups in total. The predicted molar refractivity (Wildman–Crippen MR) is 81.0 cm³/mol. The molecule has 1 atom stereocenters. The van der Waals surface area contributed by atoms with E-state index in [0.717, 1.165) is 17.0 Å². The van der Waals surface area contributed by atoms with Gasteiger partial charge in [0.2, 0.25) is 0 Å². The Morgan fingerprint density at radius 2 is 1.74 bits per heavy atom. The van der Waals surface area contributed by atoms with Gasteiger partial charge >= 0.3 is 29.6 Å². The molecule has 0 heterocycles. The molecule has 1 aromatic rings. The van der Waals surface area contributed by atoms with Crippen molar-refractivity contribution >= 4 is 22.2 Å². The number of carboxylic acid groups (broad SMARTS) is 1. The van der Waals surface area contributed by atoms with Gasteiger partial charge in [-0.15, -0.1) is 0 Å². The Bertz CT molecular complexity index is 554. The van der Waals surface area contributed by atoms with Gasteiger partial charge in [-0.3, -0.25) is 4.55 Å². The molecule has 7 nitrogen and oxygen atoms in total. The second-order valence-electron chi connectivity index (χ2n) is 3.78. The maximum Gasteiger partial charge on any atom is 1.00 e. The van der Waals surface area contributed by atoms with E-state index in [9.17, 15) is 8.42 Å². The van der Waals surface area contributed by atoms with Crippen molar-refractivity contribution in [2.75, 3.05) is 6.61 Å². The first-order valence-corrected chi connectivity index (χ1v) is 7.45. The van der Waals surface area contributed by atoms with Gasteiger partial charge in [0.05, 0.1) is 24.1 Å². The molecule has 0 bridgehead atoms. The van der Waals surface area contributed by atoms with E-state index >= 15 is 0 Å². The van der Waals surface area contributed by atoms with Crippen molar-refractivity contribution in [3.63, 3.8) is 0 Å². The Morgan fingerprint density at radius 1 is 1.35 bits per heavy atom. The van der Waals surface area contributed by atoms with Gasteiger partial charge in [0.25, 0.3) is 10.1 Å². The van der Waals surface area contributed by atoms with Crippen LogP contribution in [0.2, 0.25) is 0 Å². The molecule has 0 amide bonds. The number of benzene rings is 1. The molecule has 0 spiro atoms. The standard InChI is InChI=1S/C8H8O3S.C3H8O2.C3H4O2.Na/c9-12(10,11)7-6-8-4-2-1-3-5-8;1-3(5)2-4;1-2-3(4)5;/h1-7H,(H,9,10,11);3-5H,2H2,1H3;2H,1H2,(H,4,5);/q;;;+1/p-1. The summed E-state index contributed by atoms with van der Waals surface area (Å²) in [4.78, 5) is 9.14. The zero-order valence-corrected chi connectivity index (χ0v) is 15.8. The third-order valence-corrected chi connectivity index (χ3v) is 2.14. The van der Waals surface area contributed by atoms with Gasteiger partial charge in [0.15, 0.2) is 0 Å². The first-order valence-electron chi connectivity index (χ1n) is 5.95. The van der Waals surface area contributed by atoms with E-state index in [-0.39, 0.29) is 36.2 Å². The molecule has 124 valence electrons. The number of carbonyl (C=O) groups is 1. The Hall–Kier alpha value is -1.000. The predicted octanol–water partition coefficient (Wildman–Crippen LogP) is -3.17. The summed E-state index contributed by atoms with van der Waals surface area (Å²) in [7, 11) is -4.00. The normalized spacial score (nSPS) is 11.0. The van der Waals surface area contributed by atoms with E-state index in [4.69, 9.17) is 24.7 Å². The minimum atomic E-state index is -4.00. The van der Waals surface area contributed by atoms with E-state index < -0.39 is 22.2 Å². The number of aliphatic hydroxyl groups is 2. The number of aliphatic hydroxyl groups excluding tert-OH is 2. The second kappa shape index (κ2) is 15.9. The summed E-state index contributed by atoms with van der Waals surface area (Å²) in [5, 5.41) is 25.9. The first kappa shape index (κ1) is 26.9. The summed E-state index contributed by atoms with van der Waals surface area (Å²) in [6.45, 7) is 4.29. The van der Waals surface area contributed by atoms with E-state index in [1.54, 1.807) is 24.3 Å². The van der Waals surface area contributed by atoms with Crippen molar-refractivity contribution in [2.24, 2.45) is 0 Å². The molecule has 0 saturated carbocycles. The van der Waals surface area contributed by atoms with Crippen LogP contribution >= 0.6 is 0 Å². The largest absolute Gasteiger partial charge is 1.00 e. The summed E-state index contributed by atoms with van der Waals surface area (Å²) in [6.07, 6.45) is 1.49. The van der Waals surface area contributed by atoms with Crippen molar-refractivity contribution in [3.05, 3.63) is 54.0 Å². The number of hydrogen-bond acceptors (Lipinski definition) is 6. The zero-order chi connectivity index (χ0) is 17.6. The summed E-state index contributed by atoms with van der Waals surface area (Å²) >= 11 is 0. The van der Waals surface area contributed by atoms with Crippen LogP contribution in [0.3, 0.4) is 0 Å². The SMILES string of the molecule is C=CC(=O)[O-].CC(O)CO.O=S(=O)(O)C=Cc1ccccc1.[Na+]. The molecule has 1 aromatic carbocycles. The fraction of sp³-hybridized carbons (Fsp3) is 0.214. The van der Waals surface area contributed by atoms with Crippen LogP contribution in [-0.4, -0.2) is 41.9 Å². The van der Waals surface area contributed by atoms with Gasteiger partial charge in [-0.25, -0.2) is 0 Å². The van der Waals surface area contributed by atoms with Crippen molar-refractivity contribution in [1.29, 1.82) is 0 Å². The van der Waals surface area contributed by atoms with Gasteiger partial charge in [0, 0.05) is 0 Å². The number of carbonyl (C=O) groups excluding carboxylic acids is 1. The number of aliphatic carboxylic acids is 1. The fourth-order valence-electron chi connectivity index (χ4n) is 0.729. The minimum absolute atomic E-state index is 0. The van der Waals surface area contributed by atoms with Crippen LogP contribution in [0.5, 0.6) is 0 Å². The molecule has 0 aromatic heterocycles. The van der Waals surface area contributed by atoms with Crippen LogP contribution in [0.15, 0.2) is 48.4 Å². The van der Waals surface area contributed by atoms with E-state index in [1.807, 2.05) is 6.07 Å². The van der Waals surface area contributed by atoms with Crippen LogP contribution in [0.25, 0.3) is 6.08 Å². The average Bonchev–Trinajstić information content (AvgIpc) is 2.46. The molecule has 0 aliphatic rings. The van der Waals surface area contributed by atoms with Gasteiger partial charge < -0.3 is 20.1 Å². The molecule has 23 heavy (non-hydrogen) atoms. The van der Waals surface area contributed by atoms with Crippen LogP contribution in [0.1, 0.15) is 12.5 Å². The summed E-state index contributed by atoms with van der Waals surface area (Å²) < 4.78 is 28.9. The molecule has 0 aliphatic carbocycles. The molecule has 0 radical (unpaired) electrons. The third kappa shape index (κ3) is 26.2. The summed E-state index contributed by atoms with van der Waals surface area (Å²) in [5.41, 5.74) is 0.732. The smallest absolute Gasteiger partial charge is 0.545 e. The van der Waals surface area contributed by atoms with Gasteiger partial charge in [-0.1, -0.05) is 36.9 Å². The second-order valence-corrected chi connectivity index (χ2v) is 5.09. The number of carboxylic acids is 1. The Morgan fingerprint density at radius 3 is 2.00 bits per heavy atom. The van der Waals surface area contributed by atoms with Gasteiger partial charge in [0.1, 0.15) is 0 Å². The molecule has 0 aliphatic heterocycles. The van der Waals surface area contributed by atoms with Gasteiger partial charge in [-0.2, -0.15) is 8.42 Å². The minimum Gasteiger partial charge on any atom is -0.545 e. The van der Waals surface area contributed by atoms with E-state index in [0.29, 0.717) is 0 Å². The van der Waals surface area contributed by atoms with Crippen molar-refractivity contribution in [1.82, 2.24) is 0 Å². The van der Waals surface area contributed by atoms with Crippen molar-refractivity contribution in [3.8, 4) is 0 Å². The Kier molecular flexibility index (Phi) is 18.6. The Balaban J connectivity index is -0.000000307. The van der Waals surface area contributed by atoms with E-state index in [2.05, 4.69) is 6.58 Å². The summed E-state index contributed by atoms with van der Waals surface area (Å²) in [5.74, 6) is -1.23. The van der Waals surface area contributed by atoms with E-state index in [1.165, 1.54) is 13.0 Å². The quantitative estimate of drug-likeness (QED) is 0.295. The van der Waals surface area contributed by atoms with Gasteiger partial charge in [-0.05, 0) is 24.6 Å². The number of hydrogen-bond donors (Lipinski definition) is 3. The molecular formula is C14H19NaO7S. The molecule has 1 unspecified atom stereocenters. The maximum absolute atomic E-state index is 10.3. The fourth-order valence-corrected chi connectivity index (χ4v) is 1.06. The Labute approximate surface area is 158 Å². The molecule has 9 heteroatoms. The molecular weight excluding hydrogens is 335 g/mol. The zero-order valence-electron chi connectivity index (χ0n) is 13.0. The monoisotopic (exact) mass is 354 g/mol. The van der Waals surface area contributed by atoms with Crippen LogP contribution < -0.4 is 34.7 Å².